The van der Waals surface area contributed by atoms with Crippen LogP contribution < -0.4 is 0 Å². The van der Waals surface area contributed by atoms with E-state index in [2.05, 4.69) is 10.8 Å². The first-order chi connectivity index (χ1) is 9.77. The van der Waals surface area contributed by atoms with Crippen LogP contribution in [0.5, 0.6) is 0 Å². The normalized spacial score (nSPS) is 18.0. The third-order valence-corrected chi connectivity index (χ3v) is 6.86. The van der Waals surface area contributed by atoms with Crippen molar-refractivity contribution >= 4 is 27.3 Å². The molecule has 1 aliphatic rings. The molecular weight excluding hydrogens is 312 g/mol. The Hall–Kier alpha value is -1.43. The molecule has 1 saturated carbocycles. The van der Waals surface area contributed by atoms with Gasteiger partial charge in [0.05, 0.1) is 18.1 Å². The number of esters is 1. The summed E-state index contributed by atoms with van der Waals surface area (Å²) in [5.41, 5.74) is -1.06. The van der Waals surface area contributed by atoms with Crippen LogP contribution in [0.2, 0.25) is 0 Å². The van der Waals surface area contributed by atoms with Gasteiger partial charge in [-0.05, 0) is 31.7 Å². The van der Waals surface area contributed by atoms with E-state index in [0.29, 0.717) is 0 Å². The lowest BCUT2D eigenvalue weighted by molar-refractivity contribution is 0.0606. The Morgan fingerprint density at radius 1 is 1.57 bits per heavy atom. The van der Waals surface area contributed by atoms with Gasteiger partial charge in [0.25, 0.3) is 0 Å². The highest BCUT2D eigenvalue weighted by atomic mass is 32.2. The second-order valence-electron chi connectivity index (χ2n) is 5.14. The van der Waals surface area contributed by atoms with Gasteiger partial charge in [0, 0.05) is 12.4 Å². The quantitative estimate of drug-likeness (QED) is 0.770. The maximum Gasteiger partial charge on any atom is 0.348 e. The van der Waals surface area contributed by atoms with Crippen LogP contribution >= 0.6 is 11.3 Å². The van der Waals surface area contributed by atoms with Gasteiger partial charge in [0.1, 0.15) is 10.4 Å². The molecule has 0 saturated heterocycles. The van der Waals surface area contributed by atoms with E-state index >= 15 is 0 Å². The van der Waals surface area contributed by atoms with E-state index in [9.17, 15) is 18.5 Å². The van der Waals surface area contributed by atoms with E-state index in [1.54, 1.807) is 6.92 Å². The van der Waals surface area contributed by atoms with Crippen LogP contribution in [0.1, 0.15) is 29.4 Å². The Labute approximate surface area is 128 Å². The molecule has 8 heteroatoms. The van der Waals surface area contributed by atoms with Crippen LogP contribution in [0.25, 0.3) is 0 Å². The highest BCUT2D eigenvalue weighted by Gasteiger charge is 2.49. The number of hydrogen-bond donors (Lipinski definition) is 0. The lowest BCUT2D eigenvalue weighted by Gasteiger charge is -2.31. The molecule has 1 fully saturated rings. The van der Waals surface area contributed by atoms with E-state index in [4.69, 9.17) is 0 Å². The van der Waals surface area contributed by atoms with Gasteiger partial charge in [0.2, 0.25) is 10.0 Å². The van der Waals surface area contributed by atoms with Gasteiger partial charge in [0.15, 0.2) is 0 Å². The zero-order valence-corrected chi connectivity index (χ0v) is 13.6. The molecule has 1 aromatic rings. The fourth-order valence-electron chi connectivity index (χ4n) is 2.13. The van der Waals surface area contributed by atoms with Gasteiger partial charge in [-0.15, -0.1) is 11.3 Å². The van der Waals surface area contributed by atoms with Crippen molar-refractivity contribution in [3.05, 3.63) is 16.3 Å². The van der Waals surface area contributed by atoms with Gasteiger partial charge in [-0.1, -0.05) is 0 Å². The number of rotatable bonds is 5. The number of methoxy groups -OCH3 is 1. The number of carbonyl (C=O) groups is 1. The first-order valence-electron chi connectivity index (χ1n) is 6.34. The van der Waals surface area contributed by atoms with Crippen LogP contribution in [0.4, 0.5) is 0 Å². The molecule has 1 aromatic heterocycles. The minimum atomic E-state index is -3.82. The van der Waals surface area contributed by atoms with E-state index in [0.717, 1.165) is 28.5 Å². The summed E-state index contributed by atoms with van der Waals surface area (Å²) in [4.78, 5) is 11.7. The van der Waals surface area contributed by atoms with Crippen molar-refractivity contribution in [2.45, 2.75) is 30.2 Å². The summed E-state index contributed by atoms with van der Waals surface area (Å²) in [6.45, 7) is 1.63. The Bertz CT molecular complexity index is 700. The van der Waals surface area contributed by atoms with Gasteiger partial charge in [-0.2, -0.15) is 9.57 Å². The molecule has 21 heavy (non-hydrogen) atoms. The first-order valence-corrected chi connectivity index (χ1v) is 8.66. The van der Waals surface area contributed by atoms with Crippen molar-refractivity contribution in [2.24, 2.45) is 5.92 Å². The lowest BCUT2D eigenvalue weighted by Crippen LogP contribution is -2.47. The molecule has 114 valence electrons. The van der Waals surface area contributed by atoms with Crippen LogP contribution in [0.3, 0.4) is 0 Å². The Kier molecular flexibility index (Phi) is 4.10. The third-order valence-electron chi connectivity index (χ3n) is 3.87. The van der Waals surface area contributed by atoms with Crippen molar-refractivity contribution in [3.63, 3.8) is 0 Å². The molecule has 6 nitrogen and oxygen atoms in total. The lowest BCUT2D eigenvalue weighted by atomic mass is 9.99. The molecular formula is C13H16N2O4S2. The highest BCUT2D eigenvalue weighted by molar-refractivity contribution is 7.89. The molecule has 0 aromatic carbocycles. The van der Waals surface area contributed by atoms with Gasteiger partial charge in [-0.25, -0.2) is 13.2 Å². The molecule has 0 aliphatic heterocycles. The Morgan fingerprint density at radius 2 is 2.19 bits per heavy atom. The van der Waals surface area contributed by atoms with Crippen molar-refractivity contribution < 1.29 is 17.9 Å². The first kappa shape index (κ1) is 15.9. The predicted molar refractivity (Wildman–Crippen MR) is 77.3 cm³/mol. The summed E-state index contributed by atoms with van der Waals surface area (Å²) < 4.78 is 30.9. The van der Waals surface area contributed by atoms with Crippen molar-refractivity contribution in [1.29, 1.82) is 5.26 Å². The minimum absolute atomic E-state index is 0.0116. The molecule has 0 radical (unpaired) electrons. The van der Waals surface area contributed by atoms with E-state index in [1.165, 1.54) is 25.6 Å². The average molecular weight is 328 g/mol. The number of thiophene rings is 1. The second kappa shape index (κ2) is 5.40. The molecule has 1 unspecified atom stereocenters. The fraction of sp³-hybridized carbons (Fsp3) is 0.538. The summed E-state index contributed by atoms with van der Waals surface area (Å²) >= 11 is 1.01. The maximum atomic E-state index is 12.6. The number of nitriles is 1. The molecule has 1 atom stereocenters. The van der Waals surface area contributed by atoms with E-state index < -0.39 is 21.5 Å². The van der Waals surface area contributed by atoms with Crippen molar-refractivity contribution in [2.75, 3.05) is 14.2 Å². The van der Waals surface area contributed by atoms with Crippen LogP contribution in [-0.2, 0) is 14.8 Å². The number of hydrogen-bond acceptors (Lipinski definition) is 6. The Balaban J connectivity index is 2.35. The van der Waals surface area contributed by atoms with Crippen molar-refractivity contribution in [3.8, 4) is 6.07 Å². The molecule has 0 spiro atoms. The fourth-order valence-corrected chi connectivity index (χ4v) is 4.80. The molecule has 0 amide bonds. The monoisotopic (exact) mass is 328 g/mol. The predicted octanol–water partition coefficient (Wildman–Crippen LogP) is 1.85. The standard InChI is InChI=1S/C13H16N2O4S2/c1-13(8-14,9-4-5-9)15(2)21(17,18)10-6-11(20-7-10)12(16)19-3/h6-7,9H,4-5H2,1-3H3. The molecule has 1 aliphatic carbocycles. The number of sulfonamides is 1. The smallest absolute Gasteiger partial charge is 0.348 e. The minimum Gasteiger partial charge on any atom is -0.465 e. The summed E-state index contributed by atoms with van der Waals surface area (Å²) in [6, 6.07) is 3.40. The molecule has 0 N–H and O–H groups in total. The largest absolute Gasteiger partial charge is 0.465 e. The number of carbonyl (C=O) groups excluding carboxylic acids is 1. The zero-order valence-electron chi connectivity index (χ0n) is 12.0. The Morgan fingerprint density at radius 3 is 2.67 bits per heavy atom. The van der Waals surface area contributed by atoms with Crippen molar-refractivity contribution in [1.82, 2.24) is 4.31 Å². The van der Waals surface area contributed by atoms with Gasteiger partial charge < -0.3 is 4.74 Å². The molecule has 0 bridgehead atoms. The van der Waals surface area contributed by atoms with E-state index in [-0.39, 0.29) is 15.7 Å². The topological polar surface area (TPSA) is 87.5 Å². The van der Waals surface area contributed by atoms with Gasteiger partial charge in [-0.3, -0.25) is 0 Å². The van der Waals surface area contributed by atoms with Crippen LogP contribution in [0, 0.1) is 17.2 Å². The summed E-state index contributed by atoms with van der Waals surface area (Å²) in [5.74, 6) is -0.518. The highest BCUT2D eigenvalue weighted by Crippen LogP contribution is 2.44. The molecule has 2 rings (SSSR count). The summed E-state index contributed by atoms with van der Waals surface area (Å²) in [6.07, 6.45) is 1.70. The van der Waals surface area contributed by atoms with E-state index in [1.807, 2.05) is 0 Å². The van der Waals surface area contributed by atoms with Crippen LogP contribution in [0.15, 0.2) is 16.3 Å². The second-order valence-corrected chi connectivity index (χ2v) is 8.02. The number of ether oxygens (including phenoxy) is 1. The summed E-state index contributed by atoms with van der Waals surface area (Å²) in [5, 5.41) is 10.8. The average Bonchev–Trinajstić information content (AvgIpc) is 3.21. The third kappa shape index (κ3) is 2.69. The SMILES string of the molecule is COC(=O)c1cc(S(=O)(=O)N(C)C(C)(C#N)C2CC2)cs1. The summed E-state index contributed by atoms with van der Waals surface area (Å²) in [7, 11) is -1.17. The number of nitrogens with zero attached hydrogens (tertiary/aromatic N) is 2. The molecule has 1 heterocycles. The zero-order chi connectivity index (χ0) is 15.8. The van der Waals surface area contributed by atoms with Gasteiger partial charge >= 0.3 is 5.97 Å². The van der Waals surface area contributed by atoms with Crippen LogP contribution in [-0.4, -0.2) is 38.4 Å². The maximum absolute atomic E-state index is 12.6.